The summed E-state index contributed by atoms with van der Waals surface area (Å²) < 4.78 is 0. The Morgan fingerprint density at radius 3 is 2.21 bits per heavy atom. The molecule has 3 unspecified atom stereocenters. The molecule has 2 saturated carbocycles. The number of hydrogen-bond acceptors (Lipinski definition) is 0. The highest BCUT2D eigenvalue weighted by molar-refractivity contribution is 4.83. The zero-order valence-electron chi connectivity index (χ0n) is 9.80. The van der Waals surface area contributed by atoms with E-state index in [1.807, 2.05) is 0 Å². The van der Waals surface area contributed by atoms with Gasteiger partial charge < -0.3 is 0 Å². The highest BCUT2D eigenvalue weighted by Gasteiger charge is 2.32. The molecular weight excluding hydrogens is 168 g/mol. The zero-order valence-corrected chi connectivity index (χ0v) is 9.80. The van der Waals surface area contributed by atoms with Crippen molar-refractivity contribution in [2.45, 2.75) is 71.1 Å². The van der Waals surface area contributed by atoms with E-state index in [2.05, 4.69) is 6.92 Å². The van der Waals surface area contributed by atoms with Crippen LogP contribution in [0, 0.1) is 17.8 Å². The third-order valence-electron chi connectivity index (χ3n) is 4.63. The summed E-state index contributed by atoms with van der Waals surface area (Å²) in [5.74, 6) is 3.36. The fourth-order valence-corrected chi connectivity index (χ4v) is 3.97. The molecule has 82 valence electrons. The first-order chi connectivity index (χ1) is 6.92. The smallest absolute Gasteiger partial charge is 0.0357 e. The molecule has 0 heterocycles. The van der Waals surface area contributed by atoms with E-state index in [0.29, 0.717) is 0 Å². The van der Waals surface area contributed by atoms with Gasteiger partial charge in [0, 0.05) is 0 Å². The van der Waals surface area contributed by atoms with Crippen molar-refractivity contribution in [2.24, 2.45) is 17.8 Å². The summed E-state index contributed by atoms with van der Waals surface area (Å²) in [5.41, 5.74) is 0. The fraction of sp³-hybridized carbons (Fsp3) is 1.00. The molecule has 0 aromatic rings. The lowest BCUT2D eigenvalue weighted by molar-refractivity contribution is 0.155. The molecule has 0 N–H and O–H groups in total. The van der Waals surface area contributed by atoms with Crippen molar-refractivity contribution in [1.29, 1.82) is 0 Å². The van der Waals surface area contributed by atoms with Crippen LogP contribution in [0.15, 0.2) is 0 Å². The van der Waals surface area contributed by atoms with Crippen LogP contribution in [-0.2, 0) is 0 Å². The van der Waals surface area contributed by atoms with Gasteiger partial charge in [0.1, 0.15) is 0 Å². The Labute approximate surface area is 89.5 Å². The minimum Gasteiger partial charge on any atom is -0.0654 e. The fourth-order valence-electron chi connectivity index (χ4n) is 3.97. The molecule has 2 rings (SSSR count). The first-order valence-electron chi connectivity index (χ1n) is 6.92. The highest BCUT2D eigenvalue weighted by atomic mass is 14.4. The monoisotopic (exact) mass is 194 g/mol. The molecule has 0 saturated heterocycles. The highest BCUT2D eigenvalue weighted by Crippen LogP contribution is 2.43. The van der Waals surface area contributed by atoms with Crippen LogP contribution in [0.5, 0.6) is 0 Å². The van der Waals surface area contributed by atoms with Gasteiger partial charge in [-0.25, -0.2) is 0 Å². The van der Waals surface area contributed by atoms with Gasteiger partial charge in [0.25, 0.3) is 0 Å². The Morgan fingerprint density at radius 2 is 1.50 bits per heavy atom. The minimum absolute atomic E-state index is 1.10. The second-order valence-electron chi connectivity index (χ2n) is 5.54. The van der Waals surface area contributed by atoms with E-state index in [0.717, 1.165) is 17.8 Å². The third kappa shape index (κ3) is 2.32. The van der Waals surface area contributed by atoms with Gasteiger partial charge in [-0.3, -0.25) is 0 Å². The molecule has 3 atom stereocenters. The Morgan fingerprint density at radius 1 is 0.857 bits per heavy atom. The van der Waals surface area contributed by atoms with E-state index in [-0.39, 0.29) is 0 Å². The maximum atomic E-state index is 2.36. The van der Waals surface area contributed by atoms with Crippen molar-refractivity contribution >= 4 is 0 Å². The van der Waals surface area contributed by atoms with Gasteiger partial charge in [-0.15, -0.1) is 0 Å². The largest absolute Gasteiger partial charge is 0.0654 e. The van der Waals surface area contributed by atoms with Crippen molar-refractivity contribution in [2.75, 3.05) is 0 Å². The SMILES string of the molecule is CCCC1CCCCC2CCCCC12. The van der Waals surface area contributed by atoms with Gasteiger partial charge >= 0.3 is 0 Å². The summed E-state index contributed by atoms with van der Waals surface area (Å²) in [6.45, 7) is 2.36. The molecule has 0 bridgehead atoms. The van der Waals surface area contributed by atoms with Crippen molar-refractivity contribution in [1.82, 2.24) is 0 Å². The van der Waals surface area contributed by atoms with Crippen LogP contribution in [0.1, 0.15) is 71.1 Å². The average Bonchev–Trinajstić information content (AvgIpc) is 2.42. The molecule has 0 spiro atoms. The number of hydrogen-bond donors (Lipinski definition) is 0. The van der Waals surface area contributed by atoms with Crippen LogP contribution in [0.25, 0.3) is 0 Å². The Balaban J connectivity index is 1.99. The first kappa shape index (κ1) is 10.5. The number of rotatable bonds is 2. The molecule has 0 amide bonds. The predicted octanol–water partition coefficient (Wildman–Crippen LogP) is 4.78. The second kappa shape index (κ2) is 5.19. The topological polar surface area (TPSA) is 0 Å². The molecule has 0 aromatic carbocycles. The van der Waals surface area contributed by atoms with Crippen molar-refractivity contribution < 1.29 is 0 Å². The van der Waals surface area contributed by atoms with Gasteiger partial charge in [0.05, 0.1) is 0 Å². The van der Waals surface area contributed by atoms with Gasteiger partial charge in [-0.2, -0.15) is 0 Å². The second-order valence-corrected chi connectivity index (χ2v) is 5.54. The van der Waals surface area contributed by atoms with Gasteiger partial charge in [-0.05, 0) is 24.2 Å². The number of fused-ring (bicyclic) bond motifs is 1. The molecule has 0 nitrogen and oxygen atoms in total. The van der Waals surface area contributed by atoms with Crippen LogP contribution in [-0.4, -0.2) is 0 Å². The Bertz CT molecular complexity index is 161. The lowest BCUT2D eigenvalue weighted by Crippen LogP contribution is -2.25. The Hall–Kier alpha value is 0. The molecule has 14 heavy (non-hydrogen) atoms. The summed E-state index contributed by atoms with van der Waals surface area (Å²) in [4.78, 5) is 0. The van der Waals surface area contributed by atoms with Crippen molar-refractivity contribution in [3.8, 4) is 0 Å². The van der Waals surface area contributed by atoms with E-state index in [1.165, 1.54) is 38.5 Å². The molecule has 0 radical (unpaired) electrons. The molecule has 0 aromatic heterocycles. The zero-order chi connectivity index (χ0) is 9.80. The Kier molecular flexibility index (Phi) is 3.89. The van der Waals surface area contributed by atoms with E-state index in [9.17, 15) is 0 Å². The first-order valence-corrected chi connectivity index (χ1v) is 6.92. The molecule has 2 aliphatic rings. The van der Waals surface area contributed by atoms with Crippen LogP contribution in [0.3, 0.4) is 0 Å². The molecular formula is C14H26. The van der Waals surface area contributed by atoms with E-state index >= 15 is 0 Å². The molecule has 2 fully saturated rings. The summed E-state index contributed by atoms with van der Waals surface area (Å²) >= 11 is 0. The summed E-state index contributed by atoms with van der Waals surface area (Å²) in [7, 11) is 0. The van der Waals surface area contributed by atoms with Crippen LogP contribution < -0.4 is 0 Å². The molecule has 0 heteroatoms. The molecule has 2 aliphatic carbocycles. The van der Waals surface area contributed by atoms with Crippen LogP contribution in [0.4, 0.5) is 0 Å². The van der Waals surface area contributed by atoms with E-state index < -0.39 is 0 Å². The summed E-state index contributed by atoms with van der Waals surface area (Å²) in [5, 5.41) is 0. The maximum absolute atomic E-state index is 2.36. The van der Waals surface area contributed by atoms with E-state index in [4.69, 9.17) is 0 Å². The van der Waals surface area contributed by atoms with Gasteiger partial charge in [0.15, 0.2) is 0 Å². The van der Waals surface area contributed by atoms with Crippen LogP contribution in [0.2, 0.25) is 0 Å². The van der Waals surface area contributed by atoms with Gasteiger partial charge in [0.2, 0.25) is 0 Å². The molecule has 0 aliphatic heterocycles. The van der Waals surface area contributed by atoms with Crippen LogP contribution >= 0.6 is 0 Å². The predicted molar refractivity (Wildman–Crippen MR) is 62.3 cm³/mol. The maximum Gasteiger partial charge on any atom is -0.0357 e. The minimum atomic E-state index is 1.10. The summed E-state index contributed by atoms with van der Waals surface area (Å²) in [6.07, 6.45) is 15.3. The third-order valence-corrected chi connectivity index (χ3v) is 4.63. The lowest BCUT2D eigenvalue weighted by atomic mass is 9.70. The van der Waals surface area contributed by atoms with Crippen molar-refractivity contribution in [3.05, 3.63) is 0 Å². The van der Waals surface area contributed by atoms with E-state index in [1.54, 1.807) is 25.7 Å². The lowest BCUT2D eigenvalue weighted by Gasteiger charge is -2.35. The van der Waals surface area contributed by atoms with Crippen molar-refractivity contribution in [3.63, 3.8) is 0 Å². The summed E-state index contributed by atoms with van der Waals surface area (Å²) in [6, 6.07) is 0. The van der Waals surface area contributed by atoms with Gasteiger partial charge in [-0.1, -0.05) is 64.7 Å². The normalized spacial score (nSPS) is 38.8. The average molecular weight is 194 g/mol. The standard InChI is InChI=1S/C14H26/c1-2-7-12-8-3-4-9-13-10-5-6-11-14(12)13/h12-14H,2-11H2,1H3. The quantitative estimate of drug-likeness (QED) is 0.593.